The van der Waals surface area contributed by atoms with Gasteiger partial charge in [0.05, 0.1) is 29.8 Å². The molecule has 124 valence electrons. The van der Waals surface area contributed by atoms with Crippen LogP contribution in [0.5, 0.6) is 0 Å². The van der Waals surface area contributed by atoms with Gasteiger partial charge in [-0.15, -0.1) is 0 Å². The molecule has 0 aliphatic carbocycles. The summed E-state index contributed by atoms with van der Waals surface area (Å²) >= 11 is 0. The number of rotatable bonds is 4. The lowest BCUT2D eigenvalue weighted by atomic mass is 10.1. The van der Waals surface area contributed by atoms with Crippen LogP contribution in [-0.2, 0) is 7.05 Å². The molecule has 0 aromatic carbocycles. The molecule has 8 nitrogen and oxygen atoms in total. The van der Waals surface area contributed by atoms with E-state index >= 15 is 0 Å². The van der Waals surface area contributed by atoms with Crippen molar-refractivity contribution >= 4 is 11.6 Å². The number of anilines is 2. The largest absolute Gasteiger partial charge is 0.321 e. The highest BCUT2D eigenvalue weighted by atomic mass is 15.3. The molecule has 3 aromatic rings. The van der Waals surface area contributed by atoms with Crippen LogP contribution in [0.4, 0.5) is 11.6 Å². The van der Waals surface area contributed by atoms with Crippen molar-refractivity contribution < 1.29 is 0 Å². The molecule has 0 atom stereocenters. The number of nitrogens with one attached hydrogen (secondary N) is 2. The van der Waals surface area contributed by atoms with Crippen molar-refractivity contribution in [1.82, 2.24) is 34.8 Å². The third kappa shape index (κ3) is 3.13. The van der Waals surface area contributed by atoms with Crippen LogP contribution in [-0.4, -0.2) is 42.6 Å². The fourth-order valence-electron chi connectivity index (χ4n) is 2.94. The molecule has 2 N–H and O–H groups in total. The van der Waals surface area contributed by atoms with Crippen molar-refractivity contribution in [2.45, 2.75) is 18.9 Å². The summed E-state index contributed by atoms with van der Waals surface area (Å²) in [6, 6.07) is 2.37. The first-order chi connectivity index (χ1) is 11.8. The summed E-state index contributed by atoms with van der Waals surface area (Å²) < 4.78 is 3.79. The Bertz CT molecular complexity index is 815. The summed E-state index contributed by atoms with van der Waals surface area (Å²) in [4.78, 5) is 8.85. The maximum atomic E-state index is 4.58. The second-order valence-corrected chi connectivity index (χ2v) is 5.98. The molecule has 0 radical (unpaired) electrons. The van der Waals surface area contributed by atoms with Gasteiger partial charge in [-0.25, -0.2) is 9.97 Å². The van der Waals surface area contributed by atoms with Crippen molar-refractivity contribution in [1.29, 1.82) is 0 Å². The molecule has 4 heterocycles. The fraction of sp³-hybridized carbons (Fsp3) is 0.375. The van der Waals surface area contributed by atoms with Crippen molar-refractivity contribution in [3.8, 4) is 11.3 Å². The van der Waals surface area contributed by atoms with Gasteiger partial charge in [-0.1, -0.05) is 0 Å². The zero-order valence-electron chi connectivity index (χ0n) is 13.6. The van der Waals surface area contributed by atoms with Crippen LogP contribution < -0.4 is 10.6 Å². The summed E-state index contributed by atoms with van der Waals surface area (Å²) in [5.41, 5.74) is 2.72. The first kappa shape index (κ1) is 14.8. The van der Waals surface area contributed by atoms with E-state index in [0.29, 0.717) is 12.0 Å². The predicted octanol–water partition coefficient (Wildman–Crippen LogP) is 1.74. The second kappa shape index (κ2) is 6.40. The van der Waals surface area contributed by atoms with Gasteiger partial charge in [-0.05, 0) is 32.0 Å². The zero-order chi connectivity index (χ0) is 16.4. The van der Waals surface area contributed by atoms with Crippen LogP contribution in [0.15, 0.2) is 37.1 Å². The highest BCUT2D eigenvalue weighted by molar-refractivity contribution is 5.60. The van der Waals surface area contributed by atoms with Gasteiger partial charge < -0.3 is 10.6 Å². The van der Waals surface area contributed by atoms with Gasteiger partial charge >= 0.3 is 0 Å². The maximum Gasteiger partial charge on any atom is 0.227 e. The Morgan fingerprint density at radius 3 is 2.83 bits per heavy atom. The van der Waals surface area contributed by atoms with Crippen molar-refractivity contribution in [3.05, 3.63) is 37.1 Å². The SMILES string of the molecule is Cn1cc(Nc2nccc(-c3cnn(C4CCNCC4)c3)n2)cn1. The van der Waals surface area contributed by atoms with Crippen LogP contribution in [0, 0.1) is 0 Å². The Hall–Kier alpha value is -2.74. The molecule has 3 aromatic heterocycles. The van der Waals surface area contributed by atoms with Gasteiger partial charge in [-0.3, -0.25) is 9.36 Å². The lowest BCUT2D eigenvalue weighted by molar-refractivity contribution is 0.343. The summed E-state index contributed by atoms with van der Waals surface area (Å²) in [6.45, 7) is 2.10. The lowest BCUT2D eigenvalue weighted by Gasteiger charge is -2.22. The molecule has 0 bridgehead atoms. The molecule has 1 aliphatic rings. The summed E-state index contributed by atoms with van der Waals surface area (Å²) in [5, 5.41) is 15.2. The van der Waals surface area contributed by atoms with Crippen LogP contribution in [0.3, 0.4) is 0 Å². The van der Waals surface area contributed by atoms with Gasteiger partial charge in [0, 0.05) is 31.2 Å². The van der Waals surface area contributed by atoms with Crippen molar-refractivity contribution in [3.63, 3.8) is 0 Å². The number of aromatic nitrogens is 6. The fourth-order valence-corrected chi connectivity index (χ4v) is 2.94. The minimum absolute atomic E-state index is 0.467. The van der Waals surface area contributed by atoms with Gasteiger partial charge in [0.15, 0.2) is 0 Å². The molecular formula is C16H20N8. The van der Waals surface area contributed by atoms with E-state index in [0.717, 1.165) is 42.9 Å². The third-order valence-corrected chi connectivity index (χ3v) is 4.20. The van der Waals surface area contributed by atoms with Crippen LogP contribution >= 0.6 is 0 Å². The zero-order valence-corrected chi connectivity index (χ0v) is 13.6. The number of piperidine rings is 1. The van der Waals surface area contributed by atoms with E-state index < -0.39 is 0 Å². The standard InChI is InChI=1S/C16H20N8/c1-23-11-13(9-19-23)21-16-18-7-4-15(22-16)12-8-20-24(10-12)14-2-5-17-6-3-14/h4,7-11,14,17H,2-3,5-6H2,1H3,(H,18,21,22). The van der Waals surface area contributed by atoms with Gasteiger partial charge in [0.25, 0.3) is 0 Å². The monoisotopic (exact) mass is 324 g/mol. The molecule has 0 saturated carbocycles. The minimum Gasteiger partial charge on any atom is -0.321 e. The Morgan fingerprint density at radius 2 is 2.04 bits per heavy atom. The van der Waals surface area contributed by atoms with E-state index in [-0.39, 0.29) is 0 Å². The Kier molecular flexibility index (Phi) is 3.96. The normalized spacial score (nSPS) is 15.5. The number of hydrogen-bond donors (Lipinski definition) is 2. The van der Waals surface area contributed by atoms with E-state index in [1.165, 1.54) is 0 Å². The van der Waals surface area contributed by atoms with Crippen LogP contribution in [0.25, 0.3) is 11.3 Å². The van der Waals surface area contributed by atoms with Crippen molar-refractivity contribution in [2.75, 3.05) is 18.4 Å². The Labute approximate surface area is 139 Å². The van der Waals surface area contributed by atoms with Gasteiger partial charge in [0.1, 0.15) is 0 Å². The summed E-state index contributed by atoms with van der Waals surface area (Å²) in [5.74, 6) is 0.551. The van der Waals surface area contributed by atoms with E-state index in [4.69, 9.17) is 0 Å². The van der Waals surface area contributed by atoms with Crippen molar-refractivity contribution in [2.24, 2.45) is 7.05 Å². The van der Waals surface area contributed by atoms with E-state index in [1.807, 2.05) is 25.5 Å². The smallest absolute Gasteiger partial charge is 0.227 e. The number of hydrogen-bond acceptors (Lipinski definition) is 6. The quantitative estimate of drug-likeness (QED) is 0.760. The molecule has 24 heavy (non-hydrogen) atoms. The minimum atomic E-state index is 0.467. The topological polar surface area (TPSA) is 85.5 Å². The molecule has 0 amide bonds. The third-order valence-electron chi connectivity index (χ3n) is 4.20. The van der Waals surface area contributed by atoms with E-state index in [1.54, 1.807) is 17.1 Å². The Balaban J connectivity index is 1.53. The molecule has 1 aliphatic heterocycles. The van der Waals surface area contributed by atoms with E-state index in [9.17, 15) is 0 Å². The summed E-state index contributed by atoms with van der Waals surface area (Å²) in [6.07, 6.45) is 11.5. The first-order valence-corrected chi connectivity index (χ1v) is 8.12. The molecule has 0 unspecified atom stereocenters. The van der Waals surface area contributed by atoms with Gasteiger partial charge in [-0.2, -0.15) is 10.2 Å². The molecule has 1 saturated heterocycles. The lowest BCUT2D eigenvalue weighted by Crippen LogP contribution is -2.29. The molecule has 8 heteroatoms. The van der Waals surface area contributed by atoms with Crippen LogP contribution in [0.1, 0.15) is 18.9 Å². The average molecular weight is 324 g/mol. The Morgan fingerprint density at radius 1 is 1.17 bits per heavy atom. The molecular weight excluding hydrogens is 304 g/mol. The molecule has 0 spiro atoms. The number of aryl methyl sites for hydroxylation is 1. The first-order valence-electron chi connectivity index (χ1n) is 8.12. The van der Waals surface area contributed by atoms with E-state index in [2.05, 4.69) is 41.7 Å². The van der Waals surface area contributed by atoms with Gasteiger partial charge in [0.2, 0.25) is 5.95 Å². The average Bonchev–Trinajstić information content (AvgIpc) is 3.25. The highest BCUT2D eigenvalue weighted by Gasteiger charge is 2.16. The van der Waals surface area contributed by atoms with Crippen LogP contribution in [0.2, 0.25) is 0 Å². The highest BCUT2D eigenvalue weighted by Crippen LogP contribution is 2.23. The molecule has 1 fully saturated rings. The molecule has 4 rings (SSSR count). The maximum absolute atomic E-state index is 4.58. The summed E-state index contributed by atoms with van der Waals surface area (Å²) in [7, 11) is 1.87. The second-order valence-electron chi connectivity index (χ2n) is 5.98. The number of nitrogens with zero attached hydrogens (tertiary/aromatic N) is 6. The predicted molar refractivity (Wildman–Crippen MR) is 90.9 cm³/mol.